The molecule has 0 amide bonds. The van der Waals surface area contributed by atoms with Gasteiger partial charge < -0.3 is 20.8 Å². The first-order valence-electron chi connectivity index (χ1n) is 3.33. The summed E-state index contributed by atoms with van der Waals surface area (Å²) in [5.41, 5.74) is 0.211. The van der Waals surface area contributed by atoms with E-state index in [-0.39, 0.29) is 29.0 Å². The zero-order valence-electron chi connectivity index (χ0n) is 6.69. The lowest BCUT2D eigenvalue weighted by Gasteiger charge is -2.02. The molecule has 0 saturated heterocycles. The van der Waals surface area contributed by atoms with Crippen molar-refractivity contribution in [3.8, 4) is 11.5 Å². The van der Waals surface area contributed by atoms with E-state index in [0.29, 0.717) is 0 Å². The normalized spacial score (nSPS) is 8.92. The molecular formula is C8H10O5. The fraction of sp³-hybridized carbons (Fsp3) is 0.125. The first-order chi connectivity index (χ1) is 5.61. The van der Waals surface area contributed by atoms with Gasteiger partial charge in [0.1, 0.15) is 0 Å². The van der Waals surface area contributed by atoms with Crippen molar-refractivity contribution in [2.75, 3.05) is 0 Å². The number of para-hydroxylation sites is 1. The molecule has 0 aromatic heterocycles. The van der Waals surface area contributed by atoms with Gasteiger partial charge in [-0.3, -0.25) is 4.79 Å². The minimum atomic E-state index is -1.05. The maximum Gasteiger partial charge on any atom is 0.307 e. The van der Waals surface area contributed by atoms with Gasteiger partial charge in [-0.15, -0.1) is 0 Å². The summed E-state index contributed by atoms with van der Waals surface area (Å²) < 4.78 is 0. The largest absolute Gasteiger partial charge is 0.504 e. The molecule has 0 saturated carbocycles. The Morgan fingerprint density at radius 1 is 1.31 bits per heavy atom. The molecule has 1 aromatic rings. The third-order valence-electron chi connectivity index (χ3n) is 1.44. The summed E-state index contributed by atoms with van der Waals surface area (Å²) in [5, 5.41) is 26.5. The van der Waals surface area contributed by atoms with Gasteiger partial charge in [-0.2, -0.15) is 0 Å². The second-order valence-corrected chi connectivity index (χ2v) is 2.36. The van der Waals surface area contributed by atoms with Gasteiger partial charge in [0.2, 0.25) is 0 Å². The fourth-order valence-corrected chi connectivity index (χ4v) is 0.883. The molecule has 0 aliphatic rings. The second kappa shape index (κ2) is 4.32. The molecule has 0 aliphatic heterocycles. The van der Waals surface area contributed by atoms with Gasteiger partial charge in [-0.05, 0) is 6.07 Å². The Hall–Kier alpha value is -1.75. The molecule has 0 heterocycles. The molecular weight excluding hydrogens is 176 g/mol. The minimum absolute atomic E-state index is 0. The number of carbonyl (C=O) groups is 1. The fourth-order valence-electron chi connectivity index (χ4n) is 0.883. The van der Waals surface area contributed by atoms with Crippen LogP contribution >= 0.6 is 0 Å². The third kappa shape index (κ3) is 2.64. The van der Waals surface area contributed by atoms with E-state index in [1.807, 2.05) is 0 Å². The molecule has 5 heteroatoms. The van der Waals surface area contributed by atoms with Crippen LogP contribution in [0.5, 0.6) is 11.5 Å². The van der Waals surface area contributed by atoms with Gasteiger partial charge in [-0.1, -0.05) is 12.1 Å². The maximum atomic E-state index is 10.2. The van der Waals surface area contributed by atoms with Crippen molar-refractivity contribution in [1.29, 1.82) is 0 Å². The Balaban J connectivity index is 0.00000144. The summed E-state index contributed by atoms with van der Waals surface area (Å²) in [6.45, 7) is 0. The molecule has 0 fully saturated rings. The van der Waals surface area contributed by atoms with E-state index in [9.17, 15) is 4.79 Å². The van der Waals surface area contributed by atoms with E-state index < -0.39 is 5.97 Å². The number of aromatic hydroxyl groups is 2. The summed E-state index contributed by atoms with van der Waals surface area (Å²) in [6.07, 6.45) is -0.291. The van der Waals surface area contributed by atoms with Crippen LogP contribution in [-0.4, -0.2) is 26.8 Å². The average molecular weight is 186 g/mol. The van der Waals surface area contributed by atoms with Gasteiger partial charge in [0.15, 0.2) is 11.5 Å². The number of rotatable bonds is 2. The Labute approximate surface area is 74.2 Å². The first-order valence-corrected chi connectivity index (χ1v) is 3.33. The predicted molar refractivity (Wildman–Crippen MR) is 44.7 cm³/mol. The highest BCUT2D eigenvalue weighted by Gasteiger charge is 2.08. The number of hydrogen-bond acceptors (Lipinski definition) is 3. The summed E-state index contributed by atoms with van der Waals surface area (Å²) in [6, 6.07) is 4.22. The molecule has 0 unspecified atom stereocenters. The van der Waals surface area contributed by atoms with Gasteiger partial charge in [0, 0.05) is 5.56 Å². The lowest BCUT2D eigenvalue weighted by molar-refractivity contribution is -0.136. The average Bonchev–Trinajstić information content (AvgIpc) is 1.98. The van der Waals surface area contributed by atoms with E-state index in [4.69, 9.17) is 15.3 Å². The van der Waals surface area contributed by atoms with Crippen molar-refractivity contribution in [2.45, 2.75) is 6.42 Å². The summed E-state index contributed by atoms with van der Waals surface area (Å²) in [4.78, 5) is 10.2. The van der Waals surface area contributed by atoms with Crippen LogP contribution in [0.2, 0.25) is 0 Å². The van der Waals surface area contributed by atoms with Crippen molar-refractivity contribution >= 4 is 5.97 Å². The molecule has 5 nitrogen and oxygen atoms in total. The predicted octanol–water partition coefficient (Wildman–Crippen LogP) is -0.0998. The van der Waals surface area contributed by atoms with Crippen molar-refractivity contribution in [3.05, 3.63) is 23.8 Å². The van der Waals surface area contributed by atoms with E-state index in [0.717, 1.165) is 0 Å². The summed E-state index contributed by atoms with van der Waals surface area (Å²) in [5.74, 6) is -1.70. The van der Waals surface area contributed by atoms with E-state index in [1.165, 1.54) is 18.2 Å². The highest BCUT2D eigenvalue weighted by molar-refractivity contribution is 5.71. The van der Waals surface area contributed by atoms with Gasteiger partial charge in [0.25, 0.3) is 0 Å². The zero-order valence-corrected chi connectivity index (χ0v) is 6.69. The van der Waals surface area contributed by atoms with Crippen LogP contribution in [0.1, 0.15) is 5.56 Å². The van der Waals surface area contributed by atoms with Crippen LogP contribution in [0.15, 0.2) is 18.2 Å². The molecule has 0 aliphatic carbocycles. The summed E-state index contributed by atoms with van der Waals surface area (Å²) in [7, 11) is 0. The molecule has 5 N–H and O–H groups in total. The van der Waals surface area contributed by atoms with Crippen LogP contribution in [-0.2, 0) is 11.2 Å². The number of carboxylic acid groups (broad SMARTS) is 1. The Morgan fingerprint density at radius 2 is 1.92 bits per heavy atom. The van der Waals surface area contributed by atoms with Crippen molar-refractivity contribution in [3.63, 3.8) is 0 Å². The van der Waals surface area contributed by atoms with E-state index in [2.05, 4.69) is 0 Å². The smallest absolute Gasteiger partial charge is 0.307 e. The highest BCUT2D eigenvalue weighted by Crippen LogP contribution is 2.28. The zero-order chi connectivity index (χ0) is 9.14. The van der Waals surface area contributed by atoms with E-state index >= 15 is 0 Å². The second-order valence-electron chi connectivity index (χ2n) is 2.36. The minimum Gasteiger partial charge on any atom is -0.504 e. The maximum absolute atomic E-state index is 10.2. The number of benzene rings is 1. The van der Waals surface area contributed by atoms with Gasteiger partial charge >= 0.3 is 5.97 Å². The molecule has 1 aromatic carbocycles. The van der Waals surface area contributed by atoms with Crippen molar-refractivity contribution < 1.29 is 25.6 Å². The quantitative estimate of drug-likeness (QED) is 0.560. The monoisotopic (exact) mass is 186 g/mol. The van der Waals surface area contributed by atoms with E-state index in [1.54, 1.807) is 0 Å². The Bertz CT molecular complexity index is 307. The van der Waals surface area contributed by atoms with Crippen LogP contribution in [0, 0.1) is 0 Å². The van der Waals surface area contributed by atoms with Crippen molar-refractivity contribution in [1.82, 2.24) is 0 Å². The first kappa shape index (κ1) is 11.2. The number of aliphatic carboxylic acids is 1. The number of carboxylic acids is 1. The van der Waals surface area contributed by atoms with Gasteiger partial charge in [0.05, 0.1) is 6.42 Å². The van der Waals surface area contributed by atoms with Crippen LogP contribution in [0.4, 0.5) is 0 Å². The van der Waals surface area contributed by atoms with Crippen molar-refractivity contribution in [2.24, 2.45) is 0 Å². The molecule has 72 valence electrons. The molecule has 1 rings (SSSR count). The topological polar surface area (TPSA) is 109 Å². The molecule has 13 heavy (non-hydrogen) atoms. The summed E-state index contributed by atoms with van der Waals surface area (Å²) >= 11 is 0. The number of phenolic OH excluding ortho intramolecular Hbond substituents is 2. The molecule has 0 atom stereocenters. The van der Waals surface area contributed by atoms with Crippen LogP contribution in [0.25, 0.3) is 0 Å². The molecule has 0 radical (unpaired) electrons. The molecule has 0 bridgehead atoms. The molecule has 0 spiro atoms. The third-order valence-corrected chi connectivity index (χ3v) is 1.44. The van der Waals surface area contributed by atoms with Crippen LogP contribution < -0.4 is 0 Å². The SMILES string of the molecule is O.O=C(O)Cc1cccc(O)c1O. The van der Waals surface area contributed by atoms with Crippen LogP contribution in [0.3, 0.4) is 0 Å². The standard InChI is InChI=1S/C8H8O4.H2O/c9-6-3-1-2-5(8(6)12)4-7(10)11;/h1-3,9,12H,4H2,(H,10,11);1H2. The lowest BCUT2D eigenvalue weighted by Crippen LogP contribution is -1.99. The lowest BCUT2D eigenvalue weighted by atomic mass is 10.1. The Morgan fingerprint density at radius 3 is 2.46 bits per heavy atom. The van der Waals surface area contributed by atoms with Gasteiger partial charge in [-0.25, -0.2) is 0 Å². The Kier molecular flexibility index (Phi) is 3.74. The highest BCUT2D eigenvalue weighted by atomic mass is 16.4. The number of hydrogen-bond donors (Lipinski definition) is 3. The number of phenols is 2.